The number of rotatable bonds is 3. The Bertz CT molecular complexity index is 1050. The molecule has 0 saturated heterocycles. The van der Waals surface area contributed by atoms with Gasteiger partial charge in [0.15, 0.2) is 0 Å². The summed E-state index contributed by atoms with van der Waals surface area (Å²) in [6, 6.07) is 12.3. The van der Waals surface area contributed by atoms with Crippen molar-refractivity contribution in [3.05, 3.63) is 89.8 Å². The summed E-state index contributed by atoms with van der Waals surface area (Å²) in [6.45, 7) is 9.03. The lowest BCUT2D eigenvalue weighted by atomic mass is 10.1. The van der Waals surface area contributed by atoms with E-state index in [1.54, 1.807) is 0 Å². The molecule has 0 amide bonds. The number of aryl methyl sites for hydroxylation is 1. The third-order valence-corrected chi connectivity index (χ3v) is 4.86. The van der Waals surface area contributed by atoms with Crippen molar-refractivity contribution < 1.29 is 0 Å². The molecule has 2 aromatic heterocycles. The molecule has 26 heavy (non-hydrogen) atoms. The number of hydrogen-bond acceptors (Lipinski definition) is 3. The van der Waals surface area contributed by atoms with Crippen LogP contribution >= 0.6 is 0 Å². The van der Waals surface area contributed by atoms with Crippen molar-refractivity contribution in [1.29, 1.82) is 0 Å². The summed E-state index contributed by atoms with van der Waals surface area (Å²) in [5, 5.41) is 0. The summed E-state index contributed by atoms with van der Waals surface area (Å²) in [5.41, 5.74) is 7.65. The van der Waals surface area contributed by atoms with Crippen LogP contribution < -0.4 is 0 Å². The average molecular weight is 342 g/mol. The van der Waals surface area contributed by atoms with E-state index in [0.29, 0.717) is 6.54 Å². The summed E-state index contributed by atoms with van der Waals surface area (Å²) in [4.78, 5) is 11.5. The number of pyridine rings is 1. The first-order chi connectivity index (χ1) is 12.5. The van der Waals surface area contributed by atoms with Crippen molar-refractivity contribution >= 4 is 16.6 Å². The van der Waals surface area contributed by atoms with E-state index in [4.69, 9.17) is 4.98 Å². The maximum Gasteiger partial charge on any atom is 0.142 e. The molecule has 4 rings (SSSR count). The third kappa shape index (κ3) is 2.73. The largest absolute Gasteiger partial charge is 0.351 e. The second-order valence-electron chi connectivity index (χ2n) is 6.75. The Morgan fingerprint density at radius 1 is 1.08 bits per heavy atom. The van der Waals surface area contributed by atoms with E-state index in [1.165, 1.54) is 5.56 Å². The minimum atomic E-state index is 0.687. The molecule has 1 aliphatic heterocycles. The maximum atomic E-state index is 4.95. The fourth-order valence-electron chi connectivity index (χ4n) is 3.43. The van der Waals surface area contributed by atoms with Crippen LogP contribution in [-0.4, -0.2) is 26.5 Å². The topological polar surface area (TPSA) is 34.0 Å². The molecule has 0 spiro atoms. The first kappa shape index (κ1) is 16.3. The molecule has 0 atom stereocenters. The molecule has 0 bridgehead atoms. The molecule has 1 aromatic carbocycles. The van der Waals surface area contributed by atoms with Gasteiger partial charge in [-0.3, -0.25) is 4.98 Å². The van der Waals surface area contributed by atoms with Gasteiger partial charge >= 0.3 is 0 Å². The highest BCUT2D eigenvalue weighted by molar-refractivity contribution is 5.85. The summed E-state index contributed by atoms with van der Waals surface area (Å²) < 4.78 is 2.27. The smallest absolute Gasteiger partial charge is 0.142 e. The number of hydrogen-bond donors (Lipinski definition) is 0. The second-order valence-corrected chi connectivity index (χ2v) is 6.75. The van der Waals surface area contributed by atoms with Gasteiger partial charge in [-0.05, 0) is 49.3 Å². The highest BCUT2D eigenvalue weighted by atomic mass is 15.1. The Morgan fingerprint density at radius 3 is 2.65 bits per heavy atom. The third-order valence-electron chi connectivity index (χ3n) is 4.86. The molecule has 3 heterocycles. The lowest BCUT2D eigenvalue weighted by molar-refractivity contribution is 0.577. The first-order valence-corrected chi connectivity index (χ1v) is 8.73. The van der Waals surface area contributed by atoms with Crippen LogP contribution in [0.4, 0.5) is 0 Å². The SMILES string of the molecule is C=C1C(C)=CC(c2nc3cccc(C)c3n2Cc2ccccn2)=CN1C. The fraction of sp³-hybridized carbons (Fsp3) is 0.182. The van der Waals surface area contributed by atoms with Gasteiger partial charge in [0.05, 0.1) is 23.3 Å². The van der Waals surface area contributed by atoms with Crippen LogP contribution in [0.1, 0.15) is 24.0 Å². The average Bonchev–Trinajstić information content (AvgIpc) is 3.00. The van der Waals surface area contributed by atoms with Crippen molar-refractivity contribution in [3.8, 4) is 0 Å². The van der Waals surface area contributed by atoms with Gasteiger partial charge in [0, 0.05) is 30.7 Å². The standard InChI is InChI=1S/C22H22N4/c1-15-8-7-10-20-21(15)26(14-19-9-5-6-11-23-19)22(24-20)18-12-16(2)17(3)25(4)13-18/h5-13H,3,14H2,1-2,4H3. The molecule has 0 radical (unpaired) electrons. The maximum absolute atomic E-state index is 4.95. The van der Waals surface area contributed by atoms with Gasteiger partial charge in [-0.2, -0.15) is 0 Å². The number of allylic oxidation sites excluding steroid dienone is 3. The molecule has 130 valence electrons. The molecular formula is C22H22N4. The van der Waals surface area contributed by atoms with E-state index in [2.05, 4.69) is 71.4 Å². The van der Waals surface area contributed by atoms with Gasteiger partial charge in [0.2, 0.25) is 0 Å². The zero-order valence-electron chi connectivity index (χ0n) is 15.4. The summed E-state index contributed by atoms with van der Waals surface area (Å²) in [7, 11) is 2.02. The van der Waals surface area contributed by atoms with E-state index in [1.807, 2.05) is 25.4 Å². The van der Waals surface area contributed by atoms with E-state index in [0.717, 1.165) is 39.4 Å². The number of nitrogens with zero attached hydrogens (tertiary/aromatic N) is 4. The molecule has 0 saturated carbocycles. The summed E-state index contributed by atoms with van der Waals surface area (Å²) >= 11 is 0. The highest BCUT2D eigenvalue weighted by Crippen LogP contribution is 2.30. The fourth-order valence-corrected chi connectivity index (χ4v) is 3.43. The molecule has 3 aromatic rings. The van der Waals surface area contributed by atoms with Crippen LogP contribution in [0.25, 0.3) is 16.6 Å². The Hall–Kier alpha value is -3.14. The predicted octanol–water partition coefficient (Wildman–Crippen LogP) is 4.53. The summed E-state index contributed by atoms with van der Waals surface area (Å²) in [5.74, 6) is 0.957. The van der Waals surface area contributed by atoms with Gasteiger partial charge in [0.1, 0.15) is 5.82 Å². The zero-order valence-corrected chi connectivity index (χ0v) is 15.4. The molecule has 4 nitrogen and oxygen atoms in total. The molecule has 1 aliphatic rings. The van der Waals surface area contributed by atoms with Gasteiger partial charge in [-0.25, -0.2) is 4.98 Å². The van der Waals surface area contributed by atoms with Crippen LogP contribution in [0.5, 0.6) is 0 Å². The number of aromatic nitrogens is 3. The van der Waals surface area contributed by atoms with Gasteiger partial charge in [-0.15, -0.1) is 0 Å². The van der Waals surface area contributed by atoms with E-state index >= 15 is 0 Å². The second kappa shape index (κ2) is 6.30. The number of imidazole rings is 1. The number of fused-ring (bicyclic) bond motifs is 1. The zero-order chi connectivity index (χ0) is 18.3. The van der Waals surface area contributed by atoms with Gasteiger partial charge in [-0.1, -0.05) is 24.8 Å². The number of likely N-dealkylation sites (N-methyl/N-ethyl adjacent to an activating group) is 1. The van der Waals surface area contributed by atoms with Crippen molar-refractivity contribution in [2.75, 3.05) is 7.05 Å². The van der Waals surface area contributed by atoms with Crippen LogP contribution in [0, 0.1) is 6.92 Å². The lowest BCUT2D eigenvalue weighted by Gasteiger charge is -2.24. The van der Waals surface area contributed by atoms with Crippen LogP contribution in [0.2, 0.25) is 0 Å². The van der Waals surface area contributed by atoms with Gasteiger partial charge < -0.3 is 9.47 Å². The molecule has 4 heteroatoms. The number of benzene rings is 1. The van der Waals surface area contributed by atoms with Crippen molar-refractivity contribution in [1.82, 2.24) is 19.4 Å². The lowest BCUT2D eigenvalue weighted by Crippen LogP contribution is -2.16. The molecule has 0 fully saturated rings. The van der Waals surface area contributed by atoms with Gasteiger partial charge in [0.25, 0.3) is 0 Å². The molecule has 0 N–H and O–H groups in total. The predicted molar refractivity (Wildman–Crippen MR) is 106 cm³/mol. The van der Waals surface area contributed by atoms with Crippen LogP contribution in [0.15, 0.2) is 72.7 Å². The molecule has 0 aliphatic carbocycles. The van der Waals surface area contributed by atoms with Crippen LogP contribution in [-0.2, 0) is 6.54 Å². The van der Waals surface area contributed by atoms with E-state index < -0.39 is 0 Å². The molecular weight excluding hydrogens is 320 g/mol. The Balaban J connectivity index is 1.92. The van der Waals surface area contributed by atoms with Crippen molar-refractivity contribution in [2.24, 2.45) is 0 Å². The minimum Gasteiger partial charge on any atom is -0.351 e. The number of para-hydroxylation sites is 1. The highest BCUT2D eigenvalue weighted by Gasteiger charge is 2.19. The van der Waals surface area contributed by atoms with Crippen molar-refractivity contribution in [3.63, 3.8) is 0 Å². The normalized spacial score (nSPS) is 14.6. The molecule has 0 unspecified atom stereocenters. The summed E-state index contributed by atoms with van der Waals surface area (Å²) in [6.07, 6.45) is 6.09. The van der Waals surface area contributed by atoms with Crippen molar-refractivity contribution in [2.45, 2.75) is 20.4 Å². The monoisotopic (exact) mass is 342 g/mol. The first-order valence-electron chi connectivity index (χ1n) is 8.73. The quantitative estimate of drug-likeness (QED) is 0.701. The minimum absolute atomic E-state index is 0.687. The Labute approximate surface area is 153 Å². The van der Waals surface area contributed by atoms with Crippen LogP contribution in [0.3, 0.4) is 0 Å². The Kier molecular flexibility index (Phi) is 3.96. The Morgan fingerprint density at radius 2 is 1.92 bits per heavy atom. The van der Waals surface area contributed by atoms with E-state index in [-0.39, 0.29) is 0 Å². The van der Waals surface area contributed by atoms with E-state index in [9.17, 15) is 0 Å².